The molecule has 0 aliphatic heterocycles. The van der Waals surface area contributed by atoms with E-state index in [0.717, 1.165) is 29.9 Å². The van der Waals surface area contributed by atoms with Crippen molar-refractivity contribution >= 4 is 40.1 Å². The van der Waals surface area contributed by atoms with E-state index in [1.165, 1.54) is 12.7 Å². The molecule has 2 aromatic carbocycles. The fraction of sp³-hybridized carbons (Fsp3) is 0.240. The highest BCUT2D eigenvalue weighted by molar-refractivity contribution is 6.39. The molecule has 34 heavy (non-hydrogen) atoms. The second kappa shape index (κ2) is 10.0. The molecule has 0 spiro atoms. The summed E-state index contributed by atoms with van der Waals surface area (Å²) in [7, 11) is 1.39. The van der Waals surface area contributed by atoms with Crippen LogP contribution in [0.1, 0.15) is 19.4 Å². The summed E-state index contributed by atoms with van der Waals surface area (Å²) in [6.07, 6.45) is 0. The van der Waals surface area contributed by atoms with Crippen LogP contribution < -0.4 is 16.1 Å². The third-order valence-electron chi connectivity index (χ3n) is 5.78. The van der Waals surface area contributed by atoms with Gasteiger partial charge in [-0.2, -0.15) is 0 Å². The summed E-state index contributed by atoms with van der Waals surface area (Å²) in [6, 6.07) is 14.6. The van der Waals surface area contributed by atoms with Crippen LogP contribution in [0.25, 0.3) is 33.5 Å². The second-order valence-electron chi connectivity index (χ2n) is 7.76. The molecule has 0 saturated carbocycles. The molecular weight excluding hydrogens is 473 g/mol. The molecule has 0 aliphatic carbocycles. The standard InChI is InChI=1S/C25H25Cl2N5O2/c1-4-31(5-2)14-15-9-11-16(12-10-15)23-29-22(28)18-13-17(21-19(26)7-6-8-20(21)27)25(33)32(34-3)24(18)30-23/h6-13H,4-5,14H2,1-3H3,(H2,28,29,30). The van der Waals surface area contributed by atoms with E-state index < -0.39 is 5.56 Å². The predicted octanol–water partition coefficient (Wildman–Crippen LogP) is 4.91. The number of benzene rings is 2. The Morgan fingerprint density at radius 1 is 1.03 bits per heavy atom. The monoisotopic (exact) mass is 497 g/mol. The molecule has 0 bridgehead atoms. The molecule has 0 amide bonds. The van der Waals surface area contributed by atoms with E-state index >= 15 is 0 Å². The zero-order valence-electron chi connectivity index (χ0n) is 19.2. The average Bonchev–Trinajstić information content (AvgIpc) is 2.83. The fourth-order valence-corrected chi connectivity index (χ4v) is 4.48. The van der Waals surface area contributed by atoms with E-state index in [0.29, 0.717) is 26.8 Å². The van der Waals surface area contributed by atoms with Crippen molar-refractivity contribution in [2.75, 3.05) is 25.9 Å². The van der Waals surface area contributed by atoms with E-state index in [-0.39, 0.29) is 17.0 Å². The lowest BCUT2D eigenvalue weighted by molar-refractivity contribution is 0.168. The van der Waals surface area contributed by atoms with Crippen LogP contribution in [0.15, 0.2) is 53.3 Å². The number of halogens is 2. The van der Waals surface area contributed by atoms with Gasteiger partial charge in [-0.05, 0) is 36.9 Å². The minimum Gasteiger partial charge on any atom is -0.412 e. The van der Waals surface area contributed by atoms with Crippen molar-refractivity contribution in [2.45, 2.75) is 20.4 Å². The fourth-order valence-electron chi connectivity index (χ4n) is 3.88. The maximum atomic E-state index is 13.3. The molecule has 4 rings (SSSR count). The molecule has 0 radical (unpaired) electrons. The summed E-state index contributed by atoms with van der Waals surface area (Å²) >= 11 is 12.7. The Labute approximate surface area is 207 Å². The van der Waals surface area contributed by atoms with Crippen molar-refractivity contribution in [3.8, 4) is 22.5 Å². The minimum atomic E-state index is -0.455. The highest BCUT2D eigenvalue weighted by Gasteiger charge is 2.20. The van der Waals surface area contributed by atoms with Crippen molar-refractivity contribution in [1.29, 1.82) is 0 Å². The molecule has 2 heterocycles. The van der Waals surface area contributed by atoms with Gasteiger partial charge in [0.2, 0.25) is 0 Å². The quantitative estimate of drug-likeness (QED) is 0.390. The van der Waals surface area contributed by atoms with Crippen molar-refractivity contribution in [1.82, 2.24) is 19.6 Å². The molecule has 176 valence electrons. The van der Waals surface area contributed by atoms with Gasteiger partial charge < -0.3 is 10.6 Å². The topological polar surface area (TPSA) is 86.3 Å². The smallest absolute Gasteiger partial charge is 0.293 e. The number of fused-ring (bicyclic) bond motifs is 1. The van der Waals surface area contributed by atoms with Gasteiger partial charge in [-0.1, -0.05) is 67.4 Å². The summed E-state index contributed by atoms with van der Waals surface area (Å²) in [5.41, 5.74) is 8.75. The van der Waals surface area contributed by atoms with Gasteiger partial charge in [-0.15, -0.1) is 4.73 Å². The third-order valence-corrected chi connectivity index (χ3v) is 6.41. The molecule has 2 aromatic heterocycles. The van der Waals surface area contributed by atoms with Crippen LogP contribution in [-0.4, -0.2) is 39.8 Å². The van der Waals surface area contributed by atoms with Crippen LogP contribution in [0.3, 0.4) is 0 Å². The largest absolute Gasteiger partial charge is 0.412 e. The molecule has 0 unspecified atom stereocenters. The Bertz CT molecular complexity index is 1380. The lowest BCUT2D eigenvalue weighted by Gasteiger charge is -2.18. The Morgan fingerprint density at radius 2 is 1.68 bits per heavy atom. The highest BCUT2D eigenvalue weighted by atomic mass is 35.5. The first-order chi connectivity index (χ1) is 16.4. The van der Waals surface area contributed by atoms with E-state index in [1.807, 2.05) is 24.3 Å². The second-order valence-corrected chi connectivity index (χ2v) is 8.58. The van der Waals surface area contributed by atoms with Crippen molar-refractivity contribution in [2.24, 2.45) is 0 Å². The van der Waals surface area contributed by atoms with E-state index in [1.54, 1.807) is 24.3 Å². The van der Waals surface area contributed by atoms with Gasteiger partial charge in [0.1, 0.15) is 12.9 Å². The number of pyridine rings is 1. The summed E-state index contributed by atoms with van der Waals surface area (Å²) < 4.78 is 1.08. The van der Waals surface area contributed by atoms with Gasteiger partial charge in [0.15, 0.2) is 11.5 Å². The van der Waals surface area contributed by atoms with E-state index in [4.69, 9.17) is 33.8 Å². The van der Waals surface area contributed by atoms with Gasteiger partial charge in [0, 0.05) is 17.7 Å². The summed E-state index contributed by atoms with van der Waals surface area (Å²) in [5.74, 6) is 0.607. The molecule has 0 saturated heterocycles. The maximum Gasteiger partial charge on any atom is 0.293 e. The number of rotatable bonds is 7. The Balaban J connectivity index is 1.84. The van der Waals surface area contributed by atoms with Crippen LogP contribution in [0.2, 0.25) is 10.0 Å². The SMILES string of the molecule is CCN(CC)Cc1ccc(-c2nc(N)c3cc(-c4c(Cl)cccc4Cl)c(=O)n(OC)c3n2)cc1. The Hall–Kier alpha value is -3.13. The van der Waals surface area contributed by atoms with Gasteiger partial charge in [-0.3, -0.25) is 9.69 Å². The van der Waals surface area contributed by atoms with Gasteiger partial charge in [0.25, 0.3) is 5.56 Å². The molecule has 0 atom stereocenters. The van der Waals surface area contributed by atoms with Gasteiger partial charge >= 0.3 is 0 Å². The first-order valence-corrected chi connectivity index (χ1v) is 11.7. The highest BCUT2D eigenvalue weighted by Crippen LogP contribution is 2.34. The van der Waals surface area contributed by atoms with Crippen molar-refractivity contribution in [3.05, 3.63) is 74.5 Å². The molecule has 2 N–H and O–H groups in total. The lowest BCUT2D eigenvalue weighted by atomic mass is 10.1. The summed E-state index contributed by atoms with van der Waals surface area (Å²) in [5, 5.41) is 1.13. The van der Waals surface area contributed by atoms with Crippen LogP contribution in [0, 0.1) is 0 Å². The van der Waals surface area contributed by atoms with Gasteiger partial charge in [0.05, 0.1) is 21.0 Å². The number of hydrogen-bond donors (Lipinski definition) is 1. The molecule has 4 aromatic rings. The maximum absolute atomic E-state index is 13.3. The normalized spacial score (nSPS) is 11.4. The molecule has 0 fully saturated rings. The number of nitrogens with zero attached hydrogens (tertiary/aromatic N) is 4. The summed E-state index contributed by atoms with van der Waals surface area (Å²) in [4.78, 5) is 30.1. The average molecular weight is 498 g/mol. The van der Waals surface area contributed by atoms with Crippen molar-refractivity contribution in [3.63, 3.8) is 0 Å². The summed E-state index contributed by atoms with van der Waals surface area (Å²) in [6.45, 7) is 7.12. The number of anilines is 1. The zero-order chi connectivity index (χ0) is 24.4. The van der Waals surface area contributed by atoms with Crippen LogP contribution in [0.5, 0.6) is 0 Å². The third kappa shape index (κ3) is 4.46. The molecule has 9 heteroatoms. The van der Waals surface area contributed by atoms with Crippen LogP contribution >= 0.6 is 23.2 Å². The number of nitrogen functional groups attached to an aromatic ring is 1. The van der Waals surface area contributed by atoms with E-state index in [9.17, 15) is 4.79 Å². The number of aromatic nitrogens is 3. The Morgan fingerprint density at radius 3 is 2.26 bits per heavy atom. The zero-order valence-corrected chi connectivity index (χ0v) is 20.7. The number of hydrogen-bond acceptors (Lipinski definition) is 6. The van der Waals surface area contributed by atoms with Crippen LogP contribution in [0.4, 0.5) is 5.82 Å². The van der Waals surface area contributed by atoms with E-state index in [2.05, 4.69) is 28.7 Å². The number of nitrogens with two attached hydrogens (primary N) is 1. The lowest BCUT2D eigenvalue weighted by Crippen LogP contribution is -2.27. The van der Waals surface area contributed by atoms with Gasteiger partial charge in [-0.25, -0.2) is 9.97 Å². The Kier molecular flexibility index (Phi) is 7.07. The minimum absolute atomic E-state index is 0.211. The predicted molar refractivity (Wildman–Crippen MR) is 138 cm³/mol. The first-order valence-electron chi connectivity index (χ1n) is 10.9. The van der Waals surface area contributed by atoms with Crippen LogP contribution in [-0.2, 0) is 6.54 Å². The molecule has 7 nitrogen and oxygen atoms in total. The molecule has 0 aliphatic rings. The first kappa shape index (κ1) is 24.0. The van der Waals surface area contributed by atoms with Crippen molar-refractivity contribution < 1.29 is 4.84 Å². The molecular formula is C25H25Cl2N5O2.